The van der Waals surface area contributed by atoms with Crippen LogP contribution in [0.5, 0.6) is 0 Å². The molecule has 2 unspecified atom stereocenters. The number of thioether (sulfide) groups is 1. The van der Waals surface area contributed by atoms with E-state index in [0.29, 0.717) is 11.3 Å². The summed E-state index contributed by atoms with van der Waals surface area (Å²) in [6.45, 7) is 5.37. The third-order valence-corrected chi connectivity index (χ3v) is 3.96. The molecule has 1 aliphatic heterocycles. The number of halogens is 1. The number of nitrogens with one attached hydrogen (secondary N) is 1. The van der Waals surface area contributed by atoms with Crippen molar-refractivity contribution in [3.8, 4) is 0 Å². The maximum absolute atomic E-state index is 13.0. The molecule has 0 saturated carbocycles. The Bertz CT molecular complexity index is 353. The van der Waals surface area contributed by atoms with Gasteiger partial charge in [-0.05, 0) is 30.7 Å². The maximum Gasteiger partial charge on any atom is 0.124 e. The summed E-state index contributed by atoms with van der Waals surface area (Å²) in [5.41, 5.74) is 1.25. The molecule has 1 N–H and O–H groups in total. The van der Waals surface area contributed by atoms with Gasteiger partial charge in [-0.3, -0.25) is 0 Å². The smallest absolute Gasteiger partial charge is 0.124 e. The fourth-order valence-electron chi connectivity index (χ4n) is 1.96. The molecule has 15 heavy (non-hydrogen) atoms. The van der Waals surface area contributed by atoms with E-state index in [4.69, 9.17) is 0 Å². The molecular formula is C12H16FNS. The standard InChI is InChI=1S/C12H16FNS/c1-3-6-14-12-8(2)15-11-7-9(13)4-5-10(11)12/h4-5,7-8,12,14H,3,6H2,1-2H3. The minimum absolute atomic E-state index is 0.135. The van der Waals surface area contributed by atoms with Crippen LogP contribution >= 0.6 is 11.8 Å². The molecule has 2 atom stereocenters. The van der Waals surface area contributed by atoms with Gasteiger partial charge in [-0.1, -0.05) is 19.9 Å². The van der Waals surface area contributed by atoms with Crippen LogP contribution < -0.4 is 5.32 Å². The Morgan fingerprint density at radius 2 is 2.27 bits per heavy atom. The van der Waals surface area contributed by atoms with Gasteiger partial charge in [0.25, 0.3) is 0 Å². The molecule has 3 heteroatoms. The Labute approximate surface area is 94.5 Å². The van der Waals surface area contributed by atoms with Crippen molar-refractivity contribution in [3.63, 3.8) is 0 Å². The number of hydrogen-bond acceptors (Lipinski definition) is 2. The highest BCUT2D eigenvalue weighted by Crippen LogP contribution is 2.43. The summed E-state index contributed by atoms with van der Waals surface area (Å²) in [5, 5.41) is 4.01. The minimum Gasteiger partial charge on any atom is -0.309 e. The lowest BCUT2D eigenvalue weighted by Crippen LogP contribution is -2.26. The van der Waals surface area contributed by atoms with Crippen LogP contribution in [0, 0.1) is 5.82 Å². The first-order chi connectivity index (χ1) is 7.22. The van der Waals surface area contributed by atoms with Gasteiger partial charge in [-0.15, -0.1) is 11.8 Å². The second-order valence-corrected chi connectivity index (χ2v) is 5.36. The lowest BCUT2D eigenvalue weighted by Gasteiger charge is -2.17. The fourth-order valence-corrected chi connectivity index (χ4v) is 3.26. The zero-order valence-electron chi connectivity index (χ0n) is 9.09. The van der Waals surface area contributed by atoms with Gasteiger partial charge in [0, 0.05) is 16.2 Å². The Kier molecular flexibility index (Phi) is 3.32. The molecule has 1 heterocycles. The lowest BCUT2D eigenvalue weighted by molar-refractivity contribution is 0.530. The first kappa shape index (κ1) is 11.0. The highest BCUT2D eigenvalue weighted by atomic mass is 32.2. The Hall–Kier alpha value is -0.540. The molecular weight excluding hydrogens is 209 g/mol. The molecule has 82 valence electrons. The predicted molar refractivity (Wildman–Crippen MR) is 62.8 cm³/mol. The normalized spacial score (nSPS) is 24.2. The van der Waals surface area contributed by atoms with Crippen molar-refractivity contribution in [2.45, 2.75) is 36.5 Å². The molecule has 1 aliphatic rings. The summed E-state index contributed by atoms with van der Waals surface area (Å²) in [5.74, 6) is -0.135. The highest BCUT2D eigenvalue weighted by Gasteiger charge is 2.29. The molecule has 0 saturated heterocycles. The Morgan fingerprint density at radius 1 is 1.47 bits per heavy atom. The maximum atomic E-state index is 13.0. The Morgan fingerprint density at radius 3 is 3.00 bits per heavy atom. The fraction of sp³-hybridized carbons (Fsp3) is 0.500. The van der Waals surface area contributed by atoms with Crippen LogP contribution in [-0.4, -0.2) is 11.8 Å². The number of fused-ring (bicyclic) bond motifs is 1. The van der Waals surface area contributed by atoms with Gasteiger partial charge in [0.1, 0.15) is 5.82 Å². The van der Waals surface area contributed by atoms with E-state index >= 15 is 0 Å². The zero-order valence-corrected chi connectivity index (χ0v) is 9.90. The van der Waals surface area contributed by atoms with E-state index < -0.39 is 0 Å². The van der Waals surface area contributed by atoms with Crippen molar-refractivity contribution in [2.24, 2.45) is 0 Å². The monoisotopic (exact) mass is 225 g/mol. The van der Waals surface area contributed by atoms with Crippen LogP contribution in [0.3, 0.4) is 0 Å². The van der Waals surface area contributed by atoms with Crippen LogP contribution in [0.1, 0.15) is 31.9 Å². The number of benzene rings is 1. The zero-order chi connectivity index (χ0) is 10.8. The molecule has 0 bridgehead atoms. The molecule has 2 rings (SSSR count). The summed E-state index contributed by atoms with van der Waals surface area (Å²) in [6, 6.07) is 5.49. The second kappa shape index (κ2) is 4.54. The average Bonchev–Trinajstić information content (AvgIpc) is 2.50. The van der Waals surface area contributed by atoms with Crippen LogP contribution in [-0.2, 0) is 0 Å². The summed E-state index contributed by atoms with van der Waals surface area (Å²) in [6.07, 6.45) is 1.13. The van der Waals surface area contributed by atoms with Crippen molar-refractivity contribution < 1.29 is 4.39 Å². The molecule has 0 fully saturated rings. The second-order valence-electron chi connectivity index (χ2n) is 3.94. The van der Waals surface area contributed by atoms with Gasteiger partial charge < -0.3 is 5.32 Å². The molecule has 1 nitrogen and oxygen atoms in total. The van der Waals surface area contributed by atoms with E-state index in [-0.39, 0.29) is 5.82 Å². The molecule has 0 spiro atoms. The first-order valence-electron chi connectivity index (χ1n) is 5.42. The largest absolute Gasteiger partial charge is 0.309 e. The third-order valence-electron chi connectivity index (χ3n) is 2.71. The molecule has 1 aromatic carbocycles. The van der Waals surface area contributed by atoms with Crippen LogP contribution in [0.2, 0.25) is 0 Å². The summed E-state index contributed by atoms with van der Waals surface area (Å²) in [4.78, 5) is 1.09. The summed E-state index contributed by atoms with van der Waals surface area (Å²) in [7, 11) is 0. The van der Waals surface area contributed by atoms with Crippen LogP contribution in [0.4, 0.5) is 4.39 Å². The van der Waals surface area contributed by atoms with E-state index in [2.05, 4.69) is 19.2 Å². The van der Waals surface area contributed by atoms with Gasteiger partial charge in [0.2, 0.25) is 0 Å². The predicted octanol–water partition coefficient (Wildman–Crippen LogP) is 3.36. The third kappa shape index (κ3) is 2.18. The lowest BCUT2D eigenvalue weighted by atomic mass is 10.0. The van der Waals surface area contributed by atoms with Gasteiger partial charge in [0.15, 0.2) is 0 Å². The van der Waals surface area contributed by atoms with Gasteiger partial charge in [-0.2, -0.15) is 0 Å². The molecule has 1 aromatic rings. The quantitative estimate of drug-likeness (QED) is 0.846. The van der Waals surface area contributed by atoms with E-state index in [0.717, 1.165) is 17.9 Å². The average molecular weight is 225 g/mol. The summed E-state index contributed by atoms with van der Waals surface area (Å²) < 4.78 is 13.0. The van der Waals surface area contributed by atoms with Gasteiger partial charge in [0.05, 0.1) is 0 Å². The minimum atomic E-state index is -0.135. The molecule has 0 radical (unpaired) electrons. The topological polar surface area (TPSA) is 12.0 Å². The number of rotatable bonds is 3. The van der Waals surface area contributed by atoms with Crippen LogP contribution in [0.15, 0.2) is 23.1 Å². The van der Waals surface area contributed by atoms with Gasteiger partial charge >= 0.3 is 0 Å². The van der Waals surface area contributed by atoms with Crippen molar-refractivity contribution >= 4 is 11.8 Å². The number of hydrogen-bond donors (Lipinski definition) is 1. The van der Waals surface area contributed by atoms with Crippen LogP contribution in [0.25, 0.3) is 0 Å². The SMILES string of the molecule is CCCNC1c2ccc(F)cc2SC1C. The van der Waals surface area contributed by atoms with E-state index in [1.54, 1.807) is 23.9 Å². The van der Waals surface area contributed by atoms with Crippen molar-refractivity contribution in [1.82, 2.24) is 5.32 Å². The summed E-state index contributed by atoms with van der Waals surface area (Å²) >= 11 is 1.76. The van der Waals surface area contributed by atoms with E-state index in [1.807, 2.05) is 6.07 Å². The van der Waals surface area contributed by atoms with Gasteiger partial charge in [-0.25, -0.2) is 4.39 Å². The highest BCUT2D eigenvalue weighted by molar-refractivity contribution is 8.00. The van der Waals surface area contributed by atoms with Crippen molar-refractivity contribution in [1.29, 1.82) is 0 Å². The first-order valence-corrected chi connectivity index (χ1v) is 6.30. The molecule has 0 amide bonds. The van der Waals surface area contributed by atoms with E-state index in [1.165, 1.54) is 5.56 Å². The molecule has 0 aromatic heterocycles. The van der Waals surface area contributed by atoms with Crippen molar-refractivity contribution in [3.05, 3.63) is 29.6 Å². The Balaban J connectivity index is 2.21. The van der Waals surface area contributed by atoms with E-state index in [9.17, 15) is 4.39 Å². The molecule has 0 aliphatic carbocycles. The van der Waals surface area contributed by atoms with Crippen molar-refractivity contribution in [2.75, 3.05) is 6.54 Å².